The molecule has 1 N–H and O–H groups in total. The lowest BCUT2D eigenvalue weighted by atomic mass is 10.2. The van der Waals surface area contributed by atoms with Gasteiger partial charge in [0.1, 0.15) is 6.54 Å². The van der Waals surface area contributed by atoms with Gasteiger partial charge in [-0.2, -0.15) is 13.2 Å². The van der Waals surface area contributed by atoms with Crippen LogP contribution in [-0.4, -0.2) is 28.9 Å². The Morgan fingerprint density at radius 2 is 2.06 bits per heavy atom. The number of alkyl halides is 3. The molecule has 100 valence electrons. The molecule has 0 spiro atoms. The van der Waals surface area contributed by atoms with Gasteiger partial charge in [0.2, 0.25) is 0 Å². The summed E-state index contributed by atoms with van der Waals surface area (Å²) in [5, 5.41) is 8.90. The molecule has 1 aromatic rings. The third kappa shape index (κ3) is 2.90. The fourth-order valence-corrected chi connectivity index (χ4v) is 1.75. The van der Waals surface area contributed by atoms with E-state index >= 15 is 0 Å². The Bertz CT molecular complexity index is 432. The number of aromatic nitrogens is 1. The summed E-state index contributed by atoms with van der Waals surface area (Å²) in [5.41, 5.74) is -0.0483. The Hall–Kier alpha value is -1.37. The lowest BCUT2D eigenvalue weighted by Crippen LogP contribution is -2.37. The van der Waals surface area contributed by atoms with Crippen molar-refractivity contribution >= 4 is 5.82 Å². The summed E-state index contributed by atoms with van der Waals surface area (Å²) in [4.78, 5) is 4.60. The molecule has 0 unspecified atom stereocenters. The van der Waals surface area contributed by atoms with Gasteiger partial charge in [0, 0.05) is 17.8 Å². The van der Waals surface area contributed by atoms with Crippen molar-refractivity contribution in [2.75, 3.05) is 11.4 Å². The van der Waals surface area contributed by atoms with Crippen LogP contribution in [0, 0.1) is 5.82 Å². The predicted octanol–water partition coefficient (Wildman–Crippen LogP) is 2.24. The number of aliphatic hydroxyl groups excluding tert-OH is 1. The van der Waals surface area contributed by atoms with Gasteiger partial charge in [-0.25, -0.2) is 9.37 Å². The van der Waals surface area contributed by atoms with Gasteiger partial charge in [-0.05, 0) is 18.9 Å². The third-order valence-electron chi connectivity index (χ3n) is 2.73. The molecule has 1 fully saturated rings. The number of aliphatic hydroxyl groups is 1. The molecule has 1 aliphatic carbocycles. The fraction of sp³-hybridized carbons (Fsp3) is 0.545. The number of anilines is 1. The average molecular weight is 264 g/mol. The largest absolute Gasteiger partial charge is 0.405 e. The van der Waals surface area contributed by atoms with Gasteiger partial charge in [-0.15, -0.1) is 0 Å². The van der Waals surface area contributed by atoms with E-state index in [0.29, 0.717) is 12.8 Å². The van der Waals surface area contributed by atoms with Gasteiger partial charge in [0.05, 0.1) is 6.61 Å². The van der Waals surface area contributed by atoms with Crippen molar-refractivity contribution in [1.82, 2.24) is 4.98 Å². The van der Waals surface area contributed by atoms with E-state index in [1.807, 2.05) is 0 Å². The molecule has 0 aliphatic heterocycles. The monoisotopic (exact) mass is 264 g/mol. The van der Waals surface area contributed by atoms with Crippen LogP contribution < -0.4 is 4.90 Å². The zero-order valence-corrected chi connectivity index (χ0v) is 9.41. The van der Waals surface area contributed by atoms with E-state index in [2.05, 4.69) is 4.98 Å². The first-order valence-electron chi connectivity index (χ1n) is 5.50. The van der Waals surface area contributed by atoms with E-state index in [1.165, 1.54) is 12.3 Å². The lowest BCUT2D eigenvalue weighted by Gasteiger charge is -2.25. The van der Waals surface area contributed by atoms with Gasteiger partial charge < -0.3 is 10.0 Å². The van der Waals surface area contributed by atoms with Crippen LogP contribution >= 0.6 is 0 Å². The second-order valence-electron chi connectivity index (χ2n) is 4.24. The zero-order valence-electron chi connectivity index (χ0n) is 9.41. The van der Waals surface area contributed by atoms with E-state index in [1.54, 1.807) is 0 Å². The van der Waals surface area contributed by atoms with E-state index in [4.69, 9.17) is 5.11 Å². The van der Waals surface area contributed by atoms with Crippen molar-refractivity contribution in [2.24, 2.45) is 0 Å². The molecule has 2 rings (SSSR count). The molecular weight excluding hydrogens is 252 g/mol. The molecule has 1 aliphatic rings. The summed E-state index contributed by atoms with van der Waals surface area (Å²) in [6, 6.07) is 0.930. The van der Waals surface area contributed by atoms with Crippen molar-refractivity contribution in [3.05, 3.63) is 23.6 Å². The fourth-order valence-electron chi connectivity index (χ4n) is 1.75. The summed E-state index contributed by atoms with van der Waals surface area (Å²) < 4.78 is 51.2. The second kappa shape index (κ2) is 4.72. The Morgan fingerprint density at radius 3 is 2.56 bits per heavy atom. The van der Waals surface area contributed by atoms with Crippen LogP contribution in [-0.2, 0) is 6.61 Å². The molecule has 1 saturated carbocycles. The zero-order chi connectivity index (χ0) is 13.3. The first-order valence-corrected chi connectivity index (χ1v) is 5.50. The maximum Gasteiger partial charge on any atom is 0.405 e. The van der Waals surface area contributed by atoms with Crippen LogP contribution in [0.3, 0.4) is 0 Å². The average Bonchev–Trinajstić information content (AvgIpc) is 3.09. The molecule has 7 heteroatoms. The van der Waals surface area contributed by atoms with Gasteiger partial charge in [-0.3, -0.25) is 0 Å². The number of halogens is 4. The van der Waals surface area contributed by atoms with E-state index in [0.717, 1.165) is 4.90 Å². The lowest BCUT2D eigenvalue weighted by molar-refractivity contribution is -0.120. The van der Waals surface area contributed by atoms with Crippen LogP contribution in [0.15, 0.2) is 12.3 Å². The second-order valence-corrected chi connectivity index (χ2v) is 4.24. The quantitative estimate of drug-likeness (QED) is 0.847. The summed E-state index contributed by atoms with van der Waals surface area (Å²) in [6.45, 7) is -1.79. The highest BCUT2D eigenvalue weighted by Gasteiger charge is 2.40. The summed E-state index contributed by atoms with van der Waals surface area (Å²) in [5.74, 6) is -1.21. The van der Waals surface area contributed by atoms with Gasteiger partial charge >= 0.3 is 6.18 Å². The molecule has 0 amide bonds. The van der Waals surface area contributed by atoms with Crippen LogP contribution in [0.5, 0.6) is 0 Å². The van der Waals surface area contributed by atoms with Crippen LogP contribution in [0.1, 0.15) is 18.4 Å². The van der Waals surface area contributed by atoms with E-state index in [-0.39, 0.29) is 17.4 Å². The molecule has 0 radical (unpaired) electrons. The van der Waals surface area contributed by atoms with Crippen LogP contribution in [0.4, 0.5) is 23.4 Å². The Morgan fingerprint density at radius 1 is 1.39 bits per heavy atom. The molecule has 18 heavy (non-hydrogen) atoms. The molecule has 0 atom stereocenters. The Kier molecular flexibility index (Phi) is 3.43. The topological polar surface area (TPSA) is 36.4 Å². The van der Waals surface area contributed by atoms with Crippen molar-refractivity contribution in [1.29, 1.82) is 0 Å². The first-order chi connectivity index (χ1) is 8.42. The predicted molar refractivity (Wildman–Crippen MR) is 56.5 cm³/mol. The van der Waals surface area contributed by atoms with E-state index < -0.39 is 25.1 Å². The maximum absolute atomic E-state index is 13.9. The van der Waals surface area contributed by atoms with Gasteiger partial charge in [0.25, 0.3) is 0 Å². The third-order valence-corrected chi connectivity index (χ3v) is 2.73. The molecule has 3 nitrogen and oxygen atoms in total. The van der Waals surface area contributed by atoms with Crippen molar-refractivity contribution in [3.63, 3.8) is 0 Å². The summed E-state index contributed by atoms with van der Waals surface area (Å²) in [7, 11) is 0. The minimum Gasteiger partial charge on any atom is -0.392 e. The van der Waals surface area contributed by atoms with Crippen molar-refractivity contribution in [2.45, 2.75) is 31.7 Å². The highest BCUT2D eigenvalue weighted by Crippen LogP contribution is 2.35. The molecule has 1 heterocycles. The van der Waals surface area contributed by atoms with Crippen LogP contribution in [0.25, 0.3) is 0 Å². The number of nitrogens with zero attached hydrogens (tertiary/aromatic N) is 2. The smallest absolute Gasteiger partial charge is 0.392 e. The number of pyridine rings is 1. The maximum atomic E-state index is 13.9. The molecule has 0 bridgehead atoms. The van der Waals surface area contributed by atoms with Crippen LogP contribution in [0.2, 0.25) is 0 Å². The van der Waals surface area contributed by atoms with Gasteiger partial charge in [0.15, 0.2) is 11.6 Å². The number of hydrogen-bond donors (Lipinski definition) is 1. The summed E-state index contributed by atoms with van der Waals surface area (Å²) >= 11 is 0. The minimum atomic E-state index is -4.41. The number of rotatable bonds is 4. The molecule has 0 aromatic carbocycles. The van der Waals surface area contributed by atoms with E-state index in [9.17, 15) is 17.6 Å². The summed E-state index contributed by atoms with van der Waals surface area (Å²) in [6.07, 6.45) is -2.01. The van der Waals surface area contributed by atoms with Gasteiger partial charge in [-0.1, -0.05) is 0 Å². The molecular formula is C11H12F4N2O. The first kappa shape index (κ1) is 13.1. The normalized spacial score (nSPS) is 15.8. The number of hydrogen-bond acceptors (Lipinski definition) is 3. The minimum absolute atomic E-state index is 0.0483. The Labute approximate surface area is 101 Å². The highest BCUT2D eigenvalue weighted by molar-refractivity contribution is 5.45. The standard InChI is InChI=1S/C11H12F4N2O/c12-9-7(5-18)3-4-16-10(9)17(8-1-2-8)6-11(13,14)15/h3-4,8,18H,1-2,5-6H2. The van der Waals surface area contributed by atoms with Crippen molar-refractivity contribution < 1.29 is 22.7 Å². The molecule has 1 aromatic heterocycles. The highest BCUT2D eigenvalue weighted by atomic mass is 19.4. The Balaban J connectivity index is 2.31. The SMILES string of the molecule is OCc1ccnc(N(CC(F)(F)F)C2CC2)c1F. The molecule has 0 saturated heterocycles. The van der Waals surface area contributed by atoms with Crippen molar-refractivity contribution in [3.8, 4) is 0 Å².